The summed E-state index contributed by atoms with van der Waals surface area (Å²) in [5.41, 5.74) is 0.0931. The van der Waals surface area contributed by atoms with Gasteiger partial charge in [-0.2, -0.15) is 0 Å². The van der Waals surface area contributed by atoms with Crippen LogP contribution >= 0.6 is 0 Å². The predicted molar refractivity (Wildman–Crippen MR) is 53.6 cm³/mol. The van der Waals surface area contributed by atoms with Crippen molar-refractivity contribution in [3.8, 4) is 0 Å². The first-order valence-corrected chi connectivity index (χ1v) is 3.90. The second kappa shape index (κ2) is 7.03. The molecule has 13 heavy (non-hydrogen) atoms. The molecule has 0 aliphatic heterocycles. The number of hydrogen-bond acceptors (Lipinski definition) is 3. The quantitative estimate of drug-likeness (QED) is 0.280. The second-order valence-corrected chi connectivity index (χ2v) is 2.07. The molecule has 0 bridgehead atoms. The summed E-state index contributed by atoms with van der Waals surface area (Å²) < 4.78 is 4.66. The van der Waals surface area contributed by atoms with E-state index in [1.165, 1.54) is 6.21 Å². The van der Waals surface area contributed by atoms with Crippen molar-refractivity contribution < 1.29 is 9.53 Å². The van der Waals surface area contributed by atoms with Crippen LogP contribution in [0.15, 0.2) is 42.1 Å². The van der Waals surface area contributed by atoms with Crippen LogP contribution in [-0.4, -0.2) is 18.8 Å². The predicted octanol–water partition coefficient (Wildman–Crippen LogP) is 1.88. The van der Waals surface area contributed by atoms with Crippen LogP contribution in [0.3, 0.4) is 0 Å². The number of esters is 1. The largest absolute Gasteiger partial charge is 0.461 e. The molecule has 0 spiro atoms. The molecule has 3 nitrogen and oxygen atoms in total. The summed E-state index contributed by atoms with van der Waals surface area (Å²) in [4.78, 5) is 14.7. The summed E-state index contributed by atoms with van der Waals surface area (Å²) in [6.45, 7) is 8.98. The zero-order chi connectivity index (χ0) is 10.1. The third kappa shape index (κ3) is 5.61. The number of aliphatic imine (C=N–C) groups is 1. The van der Waals surface area contributed by atoms with Crippen molar-refractivity contribution in [2.24, 2.45) is 4.99 Å². The van der Waals surface area contributed by atoms with Gasteiger partial charge >= 0.3 is 5.97 Å². The molecule has 3 heteroatoms. The molecular weight excluding hydrogens is 166 g/mol. The Bertz CT molecular complexity index is 252. The van der Waals surface area contributed by atoms with Crippen molar-refractivity contribution in [1.29, 1.82) is 0 Å². The number of allylic oxidation sites excluding steroid dienone is 3. The molecule has 0 radical (unpaired) electrons. The maximum Gasteiger partial charge on any atom is 0.356 e. The number of rotatable bonds is 5. The van der Waals surface area contributed by atoms with Gasteiger partial charge in [0.05, 0.1) is 6.61 Å². The highest BCUT2D eigenvalue weighted by atomic mass is 16.5. The van der Waals surface area contributed by atoms with Gasteiger partial charge in [0.2, 0.25) is 0 Å². The zero-order valence-corrected chi connectivity index (χ0v) is 7.69. The lowest BCUT2D eigenvalue weighted by Crippen LogP contribution is -2.04. The molecule has 0 aromatic heterocycles. The van der Waals surface area contributed by atoms with Crippen LogP contribution in [0.4, 0.5) is 0 Å². The summed E-state index contributed by atoms with van der Waals surface area (Å²) in [6, 6.07) is 0. The van der Waals surface area contributed by atoms with Crippen LogP contribution in [0.1, 0.15) is 6.92 Å². The van der Waals surface area contributed by atoms with E-state index in [1.807, 2.05) is 0 Å². The molecular formula is C10H13NO2. The molecule has 0 atom stereocenters. The number of nitrogens with zero attached hydrogens (tertiary/aromatic N) is 1. The van der Waals surface area contributed by atoms with Crippen LogP contribution in [0, 0.1) is 0 Å². The maximum absolute atomic E-state index is 10.9. The topological polar surface area (TPSA) is 38.7 Å². The standard InChI is InChI=1S/C10H13NO2/c1-4-6-7-8-11-9(3)10(12)13-5-2/h4,6-8H,1,3,5H2,2H3/b7-6-,11-8+. The molecule has 0 saturated heterocycles. The smallest absolute Gasteiger partial charge is 0.356 e. The number of ether oxygens (including phenoxy) is 1. The minimum Gasteiger partial charge on any atom is -0.461 e. The molecule has 0 unspecified atom stereocenters. The molecule has 0 rings (SSSR count). The highest BCUT2D eigenvalue weighted by molar-refractivity contribution is 5.90. The van der Waals surface area contributed by atoms with Gasteiger partial charge in [-0.3, -0.25) is 0 Å². The van der Waals surface area contributed by atoms with Gasteiger partial charge in [-0.05, 0) is 13.0 Å². The van der Waals surface area contributed by atoms with Crippen LogP contribution < -0.4 is 0 Å². The lowest BCUT2D eigenvalue weighted by Gasteiger charge is -1.98. The summed E-state index contributed by atoms with van der Waals surface area (Å²) in [5.74, 6) is -0.495. The summed E-state index contributed by atoms with van der Waals surface area (Å²) >= 11 is 0. The fourth-order valence-corrected chi connectivity index (χ4v) is 0.528. The van der Waals surface area contributed by atoms with Gasteiger partial charge in [-0.15, -0.1) is 0 Å². The normalized spacial score (nSPS) is 10.5. The Hall–Kier alpha value is -1.64. The third-order valence-electron chi connectivity index (χ3n) is 1.07. The Balaban J connectivity index is 3.99. The molecule has 0 heterocycles. The van der Waals surface area contributed by atoms with Crippen molar-refractivity contribution in [2.75, 3.05) is 6.61 Å². The van der Waals surface area contributed by atoms with Gasteiger partial charge in [0.25, 0.3) is 0 Å². The molecule has 0 N–H and O–H groups in total. The van der Waals surface area contributed by atoms with Crippen LogP contribution in [0.5, 0.6) is 0 Å². The molecule has 0 fully saturated rings. The van der Waals surface area contributed by atoms with Crippen LogP contribution in [-0.2, 0) is 9.53 Å². The zero-order valence-electron chi connectivity index (χ0n) is 7.69. The van der Waals surface area contributed by atoms with Crippen LogP contribution in [0.25, 0.3) is 0 Å². The summed E-state index contributed by atoms with van der Waals surface area (Å²) in [6.07, 6.45) is 6.42. The van der Waals surface area contributed by atoms with Gasteiger partial charge in [-0.25, -0.2) is 9.79 Å². The molecule has 0 amide bonds. The van der Waals surface area contributed by atoms with E-state index in [-0.39, 0.29) is 5.70 Å². The van der Waals surface area contributed by atoms with Gasteiger partial charge in [0, 0.05) is 6.21 Å². The Morgan fingerprint density at radius 3 is 2.77 bits per heavy atom. The molecule has 0 aliphatic rings. The first-order valence-electron chi connectivity index (χ1n) is 3.90. The van der Waals surface area contributed by atoms with Gasteiger partial charge in [-0.1, -0.05) is 25.3 Å². The average molecular weight is 179 g/mol. The molecule has 70 valence electrons. The van der Waals surface area contributed by atoms with Crippen molar-refractivity contribution >= 4 is 12.2 Å². The van der Waals surface area contributed by atoms with Crippen molar-refractivity contribution in [3.63, 3.8) is 0 Å². The lowest BCUT2D eigenvalue weighted by atomic mass is 10.5. The van der Waals surface area contributed by atoms with E-state index in [4.69, 9.17) is 0 Å². The summed E-state index contributed by atoms with van der Waals surface area (Å²) in [5, 5.41) is 0. The number of hydrogen-bond donors (Lipinski definition) is 0. The first-order chi connectivity index (χ1) is 6.22. The highest BCUT2D eigenvalue weighted by Crippen LogP contribution is 1.95. The minimum absolute atomic E-state index is 0.0931. The van der Waals surface area contributed by atoms with E-state index in [1.54, 1.807) is 25.2 Å². The lowest BCUT2D eigenvalue weighted by molar-refractivity contribution is -0.138. The van der Waals surface area contributed by atoms with Crippen molar-refractivity contribution in [2.45, 2.75) is 6.92 Å². The monoisotopic (exact) mass is 179 g/mol. The molecule has 0 aromatic rings. The van der Waals surface area contributed by atoms with E-state index in [2.05, 4.69) is 22.9 Å². The first kappa shape index (κ1) is 11.4. The third-order valence-corrected chi connectivity index (χ3v) is 1.07. The maximum atomic E-state index is 10.9. The van der Waals surface area contributed by atoms with E-state index in [0.717, 1.165) is 0 Å². The van der Waals surface area contributed by atoms with Gasteiger partial charge < -0.3 is 4.74 Å². The van der Waals surface area contributed by atoms with Crippen LogP contribution in [0.2, 0.25) is 0 Å². The Kier molecular flexibility index (Phi) is 6.15. The van der Waals surface area contributed by atoms with Gasteiger partial charge in [0.1, 0.15) is 5.70 Å². The Morgan fingerprint density at radius 1 is 1.54 bits per heavy atom. The molecule has 0 aromatic carbocycles. The van der Waals surface area contributed by atoms with Crippen molar-refractivity contribution in [3.05, 3.63) is 37.1 Å². The minimum atomic E-state index is -0.495. The number of carbonyl (C=O) groups excluding carboxylic acids is 1. The molecule has 0 saturated carbocycles. The van der Waals surface area contributed by atoms with Crippen molar-refractivity contribution in [1.82, 2.24) is 0 Å². The second-order valence-electron chi connectivity index (χ2n) is 2.07. The number of carbonyl (C=O) groups is 1. The fourth-order valence-electron chi connectivity index (χ4n) is 0.528. The van der Waals surface area contributed by atoms with E-state index in [9.17, 15) is 4.79 Å². The SMILES string of the molecule is C=C/C=C\C=N\C(=C)C(=O)OCC. The average Bonchev–Trinajstić information content (AvgIpc) is 2.12. The fraction of sp³-hybridized carbons (Fsp3) is 0.200. The van der Waals surface area contributed by atoms with E-state index < -0.39 is 5.97 Å². The van der Waals surface area contributed by atoms with E-state index >= 15 is 0 Å². The molecule has 0 aliphatic carbocycles. The van der Waals surface area contributed by atoms with E-state index in [0.29, 0.717) is 6.61 Å². The highest BCUT2D eigenvalue weighted by Gasteiger charge is 2.03. The Morgan fingerprint density at radius 2 is 2.23 bits per heavy atom. The summed E-state index contributed by atoms with van der Waals surface area (Å²) in [7, 11) is 0. The van der Waals surface area contributed by atoms with Gasteiger partial charge in [0.15, 0.2) is 0 Å². The Labute approximate surface area is 78.1 Å².